The lowest BCUT2D eigenvalue weighted by Crippen LogP contribution is -2.11. The van der Waals surface area contributed by atoms with Gasteiger partial charge in [-0.3, -0.25) is 0 Å². The lowest BCUT2D eigenvalue weighted by Gasteiger charge is -2.28. The summed E-state index contributed by atoms with van der Waals surface area (Å²) in [6, 6.07) is 46.7. The summed E-state index contributed by atoms with van der Waals surface area (Å²) < 4.78 is 141. The van der Waals surface area contributed by atoms with Crippen LogP contribution in [0, 0.1) is 0 Å². The molecule has 0 aliphatic heterocycles. The van der Waals surface area contributed by atoms with E-state index < -0.39 is 48.3 Å². The average Bonchev–Trinajstić information content (AvgIpc) is 1.53. The Morgan fingerprint density at radius 3 is 1.10 bits per heavy atom. The third-order valence-corrected chi connectivity index (χ3v) is 13.6. The monoisotopic (exact) mass is 904 g/mol. The second kappa shape index (κ2) is 15.1. The summed E-state index contributed by atoms with van der Waals surface area (Å²) in [5.74, 6) is 0. The van der Waals surface area contributed by atoms with Crippen LogP contribution in [0.2, 0.25) is 0 Å². The lowest BCUT2D eigenvalue weighted by atomic mass is 9.99. The van der Waals surface area contributed by atoms with Crippen LogP contribution < -0.4 is 9.80 Å². The number of nitrogens with zero attached hydrogens (tertiary/aromatic N) is 4. The fourth-order valence-electron chi connectivity index (χ4n) is 10.7. The second-order valence-electron chi connectivity index (χ2n) is 17.3. The van der Waals surface area contributed by atoms with E-state index in [4.69, 9.17) is 5.48 Å². The molecule has 4 aromatic heterocycles. The lowest BCUT2D eigenvalue weighted by molar-refractivity contribution is 1.30. The van der Waals surface area contributed by atoms with Crippen molar-refractivity contribution in [2.75, 3.05) is 9.80 Å². The summed E-state index contributed by atoms with van der Waals surface area (Å²) in [7, 11) is 0. The van der Waals surface area contributed by atoms with Crippen molar-refractivity contribution in [3.05, 3.63) is 254 Å². The number of aromatic nitrogens is 2. The van der Waals surface area contributed by atoms with Gasteiger partial charge < -0.3 is 18.6 Å². The van der Waals surface area contributed by atoms with Crippen LogP contribution in [0.15, 0.2) is 254 Å². The molecule has 11 aromatic carbocycles. The second-order valence-corrected chi connectivity index (χ2v) is 17.3. The first-order valence-corrected chi connectivity index (χ1v) is 23.0. The summed E-state index contributed by atoms with van der Waals surface area (Å²) in [6.45, 7) is 0. The molecule has 0 saturated carbocycles. The fraction of sp³-hybridized carbons (Fsp3) is 0. The van der Waals surface area contributed by atoms with Gasteiger partial charge in [-0.15, -0.1) is 0 Å². The minimum Gasteiger partial charge on any atom is -0.309 e. The predicted octanol–water partition coefficient (Wildman–Crippen LogP) is 18.3. The molecule has 0 aliphatic carbocycles. The summed E-state index contributed by atoms with van der Waals surface area (Å²) in [5, 5.41) is 0.294. The molecule has 0 unspecified atom stereocenters. The third kappa shape index (κ3) is 5.47. The van der Waals surface area contributed by atoms with E-state index in [9.17, 15) is 13.7 Å². The Kier molecular flexibility index (Phi) is 5.90. The number of fused-ring (bicyclic) bond motifs is 12. The van der Waals surface area contributed by atoms with Crippen LogP contribution >= 0.6 is 0 Å². The molecule has 0 aliphatic rings. The summed E-state index contributed by atoms with van der Waals surface area (Å²) in [6.07, 6.45) is 0. The highest BCUT2D eigenvalue weighted by molar-refractivity contribution is 6.32. The molecular formula is C66H42N4. The van der Waals surface area contributed by atoms with Crippen molar-refractivity contribution in [1.29, 1.82) is 0 Å². The number of anilines is 6. The highest BCUT2D eigenvalue weighted by atomic mass is 15.2. The Labute approximate surface area is 423 Å². The summed E-state index contributed by atoms with van der Waals surface area (Å²) in [4.78, 5) is 3.64. The summed E-state index contributed by atoms with van der Waals surface area (Å²) >= 11 is 0. The molecule has 0 amide bonds. The molecule has 4 heterocycles. The molecule has 0 radical (unpaired) electrons. The average molecular weight is 905 g/mol. The minimum absolute atomic E-state index is 0.00114. The van der Waals surface area contributed by atoms with E-state index in [0.29, 0.717) is 22.7 Å². The smallest absolute Gasteiger partial charge is 0.0653 e. The van der Waals surface area contributed by atoms with Gasteiger partial charge in [0.15, 0.2) is 0 Å². The first-order valence-electron chi connectivity index (χ1n) is 30.0. The minimum atomic E-state index is -0.577. The highest BCUT2D eigenvalue weighted by Crippen LogP contribution is 2.52. The molecule has 15 aromatic rings. The Balaban J connectivity index is 1.16. The van der Waals surface area contributed by atoms with Crippen LogP contribution in [0.5, 0.6) is 0 Å². The Hall–Kier alpha value is -9.38. The van der Waals surface area contributed by atoms with Crippen LogP contribution in [-0.4, -0.2) is 8.80 Å². The molecule has 4 nitrogen and oxygen atoms in total. The largest absolute Gasteiger partial charge is 0.309 e. The van der Waals surface area contributed by atoms with Gasteiger partial charge in [0.05, 0.1) is 75.0 Å². The number of rotatable bonds is 8. The number of benzene rings is 11. The van der Waals surface area contributed by atoms with Crippen molar-refractivity contribution >= 4 is 110 Å². The first-order chi connectivity index (χ1) is 40.6. The van der Waals surface area contributed by atoms with E-state index in [2.05, 4.69) is 0 Å². The van der Waals surface area contributed by atoms with Crippen molar-refractivity contribution in [2.24, 2.45) is 0 Å². The van der Waals surface area contributed by atoms with Crippen LogP contribution in [0.4, 0.5) is 34.1 Å². The molecule has 0 N–H and O–H groups in total. The van der Waals surface area contributed by atoms with Gasteiger partial charge in [-0.1, -0.05) is 182 Å². The van der Waals surface area contributed by atoms with E-state index in [1.807, 2.05) is 180 Å². The molecule has 70 heavy (non-hydrogen) atoms. The zero-order valence-corrected chi connectivity index (χ0v) is 37.0. The number of hydrogen-bond acceptors (Lipinski definition) is 2. The van der Waals surface area contributed by atoms with Gasteiger partial charge in [-0.2, -0.15) is 0 Å². The van der Waals surface area contributed by atoms with E-state index in [1.165, 1.54) is 8.80 Å². The van der Waals surface area contributed by atoms with Crippen molar-refractivity contribution in [3.63, 3.8) is 0 Å². The van der Waals surface area contributed by atoms with Crippen LogP contribution in [0.1, 0.15) is 19.2 Å². The number of para-hydroxylation sites is 6. The van der Waals surface area contributed by atoms with Crippen LogP contribution in [0.25, 0.3) is 98.4 Å². The van der Waals surface area contributed by atoms with Crippen molar-refractivity contribution in [1.82, 2.24) is 8.80 Å². The molecule has 326 valence electrons. The summed E-state index contributed by atoms with van der Waals surface area (Å²) in [5.41, 5.74) is 5.76. The van der Waals surface area contributed by atoms with Crippen LogP contribution in [-0.2, 0) is 0 Å². The van der Waals surface area contributed by atoms with Gasteiger partial charge in [0.1, 0.15) is 0 Å². The predicted molar refractivity (Wildman–Crippen MR) is 296 cm³/mol. The van der Waals surface area contributed by atoms with Gasteiger partial charge in [0.2, 0.25) is 0 Å². The van der Waals surface area contributed by atoms with Gasteiger partial charge in [-0.25, -0.2) is 0 Å². The molecular weight excluding hydrogens is 849 g/mol. The maximum absolute atomic E-state index is 10.7. The van der Waals surface area contributed by atoms with E-state index in [-0.39, 0.29) is 124 Å². The maximum Gasteiger partial charge on any atom is 0.0653 e. The Bertz CT molecular complexity index is 4970. The van der Waals surface area contributed by atoms with Crippen molar-refractivity contribution < 1.29 is 19.2 Å². The quantitative estimate of drug-likeness (QED) is 0.151. The topological polar surface area (TPSA) is 15.3 Å². The standard InChI is InChI=1S/C66H42N4/c1-5-21-43(22-6-1)47-29-13-17-33-55(47)67(45-25-9-3-10-26-45)59-39-37-49-53-41-62-54(42-61(53)69-57-35-19-15-31-51(57)63(59)65(49)69)50-38-40-60(64-52-32-16-20-36-58(52)70(62)66(50)64)68(46-27-11-4-12-28-46)56-34-18-14-30-48(56)44-23-7-2-8-24-44/h1-42H/i15D,16D,19D,20D,31D,32D,35D,36D,37D,38D,39D,40D,41D,42D. The highest BCUT2D eigenvalue weighted by Gasteiger charge is 2.29. The molecule has 15 rings (SSSR count). The van der Waals surface area contributed by atoms with Crippen molar-refractivity contribution in [2.45, 2.75) is 0 Å². The zero-order valence-electron chi connectivity index (χ0n) is 51.0. The van der Waals surface area contributed by atoms with E-state index >= 15 is 0 Å². The SMILES string of the molecule is [2H]c1c([2H])c([2H])c2c(c1[2H])c1c(N(c3ccccc3)c3ccccc3-c3ccccc3)c([2H])c([2H])c3c4c([2H])c5c(c([2H])c4n2c31)c1c([2H])c([2H])c(N(c2ccccc2)c2ccccc2-c2ccccc2)c2c3c([2H])c([2H])c([2H])c([2H])c3n5c12. The Morgan fingerprint density at radius 2 is 0.671 bits per heavy atom. The molecule has 4 heteroatoms. The van der Waals surface area contributed by atoms with Crippen LogP contribution in [0.3, 0.4) is 0 Å². The molecule has 0 atom stereocenters. The fourth-order valence-corrected chi connectivity index (χ4v) is 10.7. The third-order valence-electron chi connectivity index (χ3n) is 13.6. The van der Waals surface area contributed by atoms with E-state index in [0.717, 1.165) is 22.3 Å². The first kappa shape index (κ1) is 27.4. The normalized spacial score (nSPS) is 14.8. The van der Waals surface area contributed by atoms with Gasteiger partial charge in [-0.05, 0) is 83.8 Å². The zero-order chi connectivity index (χ0) is 58.0. The molecule has 0 bridgehead atoms. The maximum atomic E-state index is 10.7. The molecule has 0 fully saturated rings. The van der Waals surface area contributed by atoms with E-state index in [1.54, 1.807) is 0 Å². The molecule has 0 spiro atoms. The van der Waals surface area contributed by atoms with Gasteiger partial charge in [0, 0.05) is 65.6 Å². The van der Waals surface area contributed by atoms with Gasteiger partial charge >= 0.3 is 0 Å². The van der Waals surface area contributed by atoms with Crippen molar-refractivity contribution in [3.8, 4) is 22.3 Å². The van der Waals surface area contributed by atoms with Gasteiger partial charge in [0.25, 0.3) is 0 Å². The Morgan fingerprint density at radius 1 is 0.300 bits per heavy atom. The molecule has 0 saturated heterocycles. The number of hydrogen-bond donors (Lipinski definition) is 0.